The largest absolute Gasteiger partial charge is 0.481 e. The van der Waals surface area contributed by atoms with Gasteiger partial charge in [-0.3, -0.25) is 9.59 Å². The van der Waals surface area contributed by atoms with E-state index >= 15 is 0 Å². The van der Waals surface area contributed by atoms with Crippen molar-refractivity contribution in [3.05, 3.63) is 0 Å². The van der Waals surface area contributed by atoms with E-state index in [2.05, 4.69) is 5.32 Å². The van der Waals surface area contributed by atoms with E-state index in [1.165, 1.54) is 32.1 Å². The molecule has 0 aromatic heterocycles. The summed E-state index contributed by atoms with van der Waals surface area (Å²) < 4.78 is 0. The van der Waals surface area contributed by atoms with Crippen molar-refractivity contribution < 1.29 is 14.7 Å². The molecular weight excluding hydrogens is 242 g/mol. The molecule has 1 amide bonds. The van der Waals surface area contributed by atoms with Crippen molar-refractivity contribution in [1.82, 2.24) is 5.32 Å². The standard InChI is InChI=1S/C15H25NO3/c1-15(2,14(18)19)9-16-13(17)12-8-11(12)10-6-4-3-5-7-10/h10-12H,3-9H2,1-2H3,(H,16,17)(H,18,19). The molecule has 0 aromatic carbocycles. The fraction of sp³-hybridized carbons (Fsp3) is 0.867. The molecule has 4 nitrogen and oxygen atoms in total. The fourth-order valence-electron chi connectivity index (χ4n) is 3.11. The Morgan fingerprint density at radius 2 is 1.84 bits per heavy atom. The van der Waals surface area contributed by atoms with Gasteiger partial charge in [0.2, 0.25) is 5.91 Å². The number of carboxylic acid groups (broad SMARTS) is 1. The molecule has 0 aromatic rings. The first-order valence-corrected chi connectivity index (χ1v) is 7.43. The Morgan fingerprint density at radius 1 is 1.21 bits per heavy atom. The summed E-state index contributed by atoms with van der Waals surface area (Å²) in [6.07, 6.45) is 7.50. The number of carbonyl (C=O) groups excluding carboxylic acids is 1. The van der Waals surface area contributed by atoms with E-state index < -0.39 is 11.4 Å². The highest BCUT2D eigenvalue weighted by molar-refractivity contribution is 5.82. The zero-order valence-corrected chi connectivity index (χ0v) is 11.9. The molecule has 2 N–H and O–H groups in total. The van der Waals surface area contributed by atoms with E-state index in [-0.39, 0.29) is 18.4 Å². The van der Waals surface area contributed by atoms with Gasteiger partial charge in [0.05, 0.1) is 5.41 Å². The summed E-state index contributed by atoms with van der Waals surface area (Å²) in [4.78, 5) is 23.0. The maximum absolute atomic E-state index is 12.0. The number of aliphatic carboxylic acids is 1. The molecule has 0 radical (unpaired) electrons. The van der Waals surface area contributed by atoms with Crippen LogP contribution in [0.2, 0.25) is 0 Å². The van der Waals surface area contributed by atoms with Gasteiger partial charge in [0.15, 0.2) is 0 Å². The van der Waals surface area contributed by atoms with Crippen molar-refractivity contribution in [3.8, 4) is 0 Å². The Labute approximate surface area is 115 Å². The molecule has 0 saturated heterocycles. The number of carbonyl (C=O) groups is 2. The lowest BCUT2D eigenvalue weighted by molar-refractivity contribution is -0.146. The molecule has 0 spiro atoms. The quantitative estimate of drug-likeness (QED) is 0.804. The van der Waals surface area contributed by atoms with Crippen LogP contribution in [-0.2, 0) is 9.59 Å². The van der Waals surface area contributed by atoms with E-state index in [9.17, 15) is 9.59 Å². The van der Waals surface area contributed by atoms with Gasteiger partial charge in [-0.15, -0.1) is 0 Å². The summed E-state index contributed by atoms with van der Waals surface area (Å²) in [5, 5.41) is 11.8. The van der Waals surface area contributed by atoms with Gasteiger partial charge >= 0.3 is 5.97 Å². The van der Waals surface area contributed by atoms with Gasteiger partial charge in [0, 0.05) is 12.5 Å². The highest BCUT2D eigenvalue weighted by atomic mass is 16.4. The van der Waals surface area contributed by atoms with Crippen LogP contribution in [0.5, 0.6) is 0 Å². The molecule has 2 unspecified atom stereocenters. The van der Waals surface area contributed by atoms with Crippen LogP contribution >= 0.6 is 0 Å². The van der Waals surface area contributed by atoms with Crippen LogP contribution in [0, 0.1) is 23.2 Å². The number of hydrogen-bond acceptors (Lipinski definition) is 2. The van der Waals surface area contributed by atoms with Crippen LogP contribution < -0.4 is 5.32 Å². The average molecular weight is 267 g/mol. The number of hydrogen-bond donors (Lipinski definition) is 2. The van der Waals surface area contributed by atoms with Crippen LogP contribution in [0.3, 0.4) is 0 Å². The lowest BCUT2D eigenvalue weighted by atomic mass is 9.85. The topological polar surface area (TPSA) is 66.4 Å². The predicted molar refractivity (Wildman–Crippen MR) is 72.6 cm³/mol. The first-order chi connectivity index (χ1) is 8.92. The second kappa shape index (κ2) is 5.51. The van der Waals surface area contributed by atoms with E-state index in [1.54, 1.807) is 13.8 Å². The van der Waals surface area contributed by atoms with E-state index in [0.717, 1.165) is 12.3 Å². The predicted octanol–water partition coefficient (Wildman–Crippen LogP) is 2.43. The monoisotopic (exact) mass is 267 g/mol. The van der Waals surface area contributed by atoms with Crippen LogP contribution in [0.1, 0.15) is 52.4 Å². The van der Waals surface area contributed by atoms with E-state index in [4.69, 9.17) is 5.11 Å². The zero-order chi connectivity index (χ0) is 14.0. The maximum atomic E-state index is 12.0. The lowest BCUT2D eigenvalue weighted by Gasteiger charge is -2.22. The van der Waals surface area contributed by atoms with Gasteiger partial charge in [0.1, 0.15) is 0 Å². The third-order valence-electron chi connectivity index (χ3n) is 4.72. The summed E-state index contributed by atoms with van der Waals surface area (Å²) in [6.45, 7) is 3.50. The van der Waals surface area contributed by atoms with Gasteiger partial charge in [0.25, 0.3) is 0 Å². The van der Waals surface area contributed by atoms with Crippen LogP contribution in [0.15, 0.2) is 0 Å². The van der Waals surface area contributed by atoms with Gasteiger partial charge < -0.3 is 10.4 Å². The highest BCUT2D eigenvalue weighted by Crippen LogP contribution is 2.49. The molecule has 4 heteroatoms. The zero-order valence-electron chi connectivity index (χ0n) is 11.9. The van der Waals surface area contributed by atoms with Crippen molar-refractivity contribution in [1.29, 1.82) is 0 Å². The summed E-state index contributed by atoms with van der Waals surface area (Å²) in [5.74, 6) is 0.634. The SMILES string of the molecule is CC(C)(CNC(=O)C1CC1C1CCCCC1)C(=O)O. The highest BCUT2D eigenvalue weighted by Gasteiger charge is 2.47. The van der Waals surface area contributed by atoms with Crippen LogP contribution in [-0.4, -0.2) is 23.5 Å². The minimum atomic E-state index is -0.884. The Morgan fingerprint density at radius 3 is 2.42 bits per heavy atom. The van der Waals surface area contributed by atoms with Gasteiger partial charge in [-0.05, 0) is 32.1 Å². The molecule has 0 heterocycles. The van der Waals surface area contributed by atoms with Crippen molar-refractivity contribution in [2.24, 2.45) is 23.2 Å². The second-order valence-electron chi connectivity index (χ2n) is 6.81. The maximum Gasteiger partial charge on any atom is 0.310 e. The molecule has 2 saturated carbocycles. The lowest BCUT2D eigenvalue weighted by Crippen LogP contribution is -2.39. The number of nitrogens with one attached hydrogen (secondary N) is 1. The number of carboxylic acids is 1. The minimum absolute atomic E-state index is 0.0601. The van der Waals surface area contributed by atoms with Crippen molar-refractivity contribution in [2.45, 2.75) is 52.4 Å². The summed E-state index contributed by atoms with van der Waals surface area (Å²) in [7, 11) is 0. The van der Waals surface area contributed by atoms with Crippen molar-refractivity contribution in [3.63, 3.8) is 0 Å². The number of amides is 1. The van der Waals surface area contributed by atoms with Crippen molar-refractivity contribution >= 4 is 11.9 Å². The first-order valence-electron chi connectivity index (χ1n) is 7.43. The van der Waals surface area contributed by atoms with Crippen LogP contribution in [0.25, 0.3) is 0 Å². The fourth-order valence-corrected chi connectivity index (χ4v) is 3.11. The Kier molecular flexibility index (Phi) is 4.16. The molecule has 108 valence electrons. The molecular formula is C15H25NO3. The molecule has 2 fully saturated rings. The molecule has 2 aliphatic rings. The smallest absolute Gasteiger partial charge is 0.310 e. The van der Waals surface area contributed by atoms with Crippen LogP contribution in [0.4, 0.5) is 0 Å². The van der Waals surface area contributed by atoms with Crippen molar-refractivity contribution in [2.75, 3.05) is 6.54 Å². The van der Waals surface area contributed by atoms with E-state index in [0.29, 0.717) is 5.92 Å². The van der Waals surface area contributed by atoms with Gasteiger partial charge in [-0.25, -0.2) is 0 Å². The Balaban J connectivity index is 1.75. The van der Waals surface area contributed by atoms with E-state index in [1.807, 2.05) is 0 Å². The summed E-state index contributed by atoms with van der Waals surface area (Å²) >= 11 is 0. The average Bonchev–Trinajstić information content (AvgIpc) is 3.17. The van der Waals surface area contributed by atoms with Gasteiger partial charge in [-0.1, -0.05) is 32.1 Å². The Hall–Kier alpha value is -1.06. The molecule has 2 rings (SSSR count). The van der Waals surface area contributed by atoms with Gasteiger partial charge in [-0.2, -0.15) is 0 Å². The summed E-state index contributed by atoms with van der Waals surface area (Å²) in [5.41, 5.74) is -0.884. The molecule has 19 heavy (non-hydrogen) atoms. The molecule has 0 aliphatic heterocycles. The Bertz CT molecular complexity index is 358. The number of rotatable bonds is 5. The third kappa shape index (κ3) is 3.48. The first kappa shape index (κ1) is 14.4. The normalized spacial score (nSPS) is 27.9. The minimum Gasteiger partial charge on any atom is -0.481 e. The summed E-state index contributed by atoms with van der Waals surface area (Å²) in [6, 6.07) is 0. The second-order valence-corrected chi connectivity index (χ2v) is 6.81. The molecule has 2 atom stereocenters. The molecule has 0 bridgehead atoms. The third-order valence-corrected chi connectivity index (χ3v) is 4.72. The molecule has 2 aliphatic carbocycles.